The number of esters is 1. The van der Waals surface area contributed by atoms with Crippen molar-refractivity contribution in [3.05, 3.63) is 0 Å². The summed E-state index contributed by atoms with van der Waals surface area (Å²) in [6.07, 6.45) is 4.61. The Morgan fingerprint density at radius 1 is 1.06 bits per heavy atom. The van der Waals surface area contributed by atoms with E-state index in [0.29, 0.717) is 18.9 Å². The highest BCUT2D eigenvalue weighted by molar-refractivity contribution is 5.70. The first-order chi connectivity index (χ1) is 7.66. The number of hydrogen-bond donors (Lipinski definition) is 0. The molecule has 0 aromatic carbocycles. The Bertz CT molecular complexity index is 297. The van der Waals surface area contributed by atoms with Crippen molar-refractivity contribution in [2.24, 2.45) is 35.5 Å². The summed E-state index contributed by atoms with van der Waals surface area (Å²) in [5, 5.41) is 0. The zero-order valence-electron chi connectivity index (χ0n) is 10.3. The minimum absolute atomic E-state index is 0.0414. The molecular formula is C14H22O2. The van der Waals surface area contributed by atoms with Gasteiger partial charge in [-0.1, -0.05) is 13.8 Å². The van der Waals surface area contributed by atoms with E-state index < -0.39 is 0 Å². The Hall–Kier alpha value is -0.530. The summed E-state index contributed by atoms with van der Waals surface area (Å²) in [4.78, 5) is 11.4. The second-order valence-electron chi connectivity index (χ2n) is 6.25. The molecule has 0 aromatic heterocycles. The van der Waals surface area contributed by atoms with Gasteiger partial charge in [-0.3, -0.25) is 4.79 Å². The first kappa shape index (κ1) is 10.6. The molecule has 2 bridgehead atoms. The van der Waals surface area contributed by atoms with Gasteiger partial charge < -0.3 is 4.74 Å². The molecule has 90 valence electrons. The van der Waals surface area contributed by atoms with E-state index >= 15 is 0 Å². The van der Waals surface area contributed by atoms with Crippen LogP contribution < -0.4 is 0 Å². The normalized spacial score (nSPS) is 51.8. The molecule has 3 aliphatic rings. The SMILES string of the molecule is CC1C2CC(C3CCOC(=O)C3)C(C2)C1C. The quantitative estimate of drug-likeness (QED) is 0.638. The molecule has 1 heterocycles. The van der Waals surface area contributed by atoms with E-state index in [2.05, 4.69) is 13.8 Å². The molecular weight excluding hydrogens is 200 g/mol. The lowest BCUT2D eigenvalue weighted by Gasteiger charge is -2.37. The number of ether oxygens (including phenoxy) is 1. The average Bonchev–Trinajstić information content (AvgIpc) is 2.80. The summed E-state index contributed by atoms with van der Waals surface area (Å²) in [5.41, 5.74) is 0. The lowest BCUT2D eigenvalue weighted by molar-refractivity contribution is -0.150. The predicted molar refractivity (Wildman–Crippen MR) is 61.7 cm³/mol. The van der Waals surface area contributed by atoms with Crippen molar-refractivity contribution >= 4 is 5.97 Å². The van der Waals surface area contributed by atoms with Gasteiger partial charge in [0.05, 0.1) is 6.61 Å². The number of hydrogen-bond acceptors (Lipinski definition) is 2. The second-order valence-corrected chi connectivity index (χ2v) is 6.25. The summed E-state index contributed by atoms with van der Waals surface area (Å²) in [6.45, 7) is 5.50. The van der Waals surface area contributed by atoms with E-state index in [9.17, 15) is 4.79 Å². The minimum Gasteiger partial charge on any atom is -0.466 e. The zero-order chi connectivity index (χ0) is 11.3. The van der Waals surface area contributed by atoms with Crippen LogP contribution in [-0.4, -0.2) is 12.6 Å². The molecule has 6 unspecified atom stereocenters. The maximum absolute atomic E-state index is 11.4. The van der Waals surface area contributed by atoms with E-state index in [-0.39, 0.29) is 5.97 Å². The Morgan fingerprint density at radius 3 is 2.44 bits per heavy atom. The molecule has 2 heteroatoms. The number of carbonyl (C=O) groups excluding carboxylic acids is 1. The summed E-state index contributed by atoms with van der Waals surface area (Å²) < 4.78 is 5.06. The summed E-state index contributed by atoms with van der Waals surface area (Å²) >= 11 is 0. The Kier molecular flexibility index (Phi) is 2.49. The fraction of sp³-hybridized carbons (Fsp3) is 0.929. The van der Waals surface area contributed by atoms with E-state index in [4.69, 9.17) is 4.74 Å². The van der Waals surface area contributed by atoms with Crippen LogP contribution in [0.2, 0.25) is 0 Å². The van der Waals surface area contributed by atoms with Crippen molar-refractivity contribution in [3.63, 3.8) is 0 Å². The third kappa shape index (κ3) is 1.49. The molecule has 1 saturated heterocycles. The van der Waals surface area contributed by atoms with Crippen molar-refractivity contribution in [2.75, 3.05) is 6.61 Å². The monoisotopic (exact) mass is 222 g/mol. The van der Waals surface area contributed by atoms with Crippen LogP contribution in [0.15, 0.2) is 0 Å². The maximum Gasteiger partial charge on any atom is 0.306 e. The average molecular weight is 222 g/mol. The Labute approximate surface area is 97.7 Å². The van der Waals surface area contributed by atoms with Crippen LogP contribution in [0.25, 0.3) is 0 Å². The summed E-state index contributed by atoms with van der Waals surface area (Å²) in [6, 6.07) is 0. The van der Waals surface area contributed by atoms with Crippen LogP contribution in [0.3, 0.4) is 0 Å². The molecule has 6 atom stereocenters. The van der Waals surface area contributed by atoms with Gasteiger partial charge >= 0.3 is 5.97 Å². The highest BCUT2D eigenvalue weighted by Gasteiger charge is 2.51. The number of fused-ring (bicyclic) bond motifs is 2. The second kappa shape index (κ2) is 3.75. The highest BCUT2D eigenvalue weighted by Crippen LogP contribution is 2.58. The molecule has 1 aliphatic heterocycles. The highest BCUT2D eigenvalue weighted by atomic mass is 16.5. The molecule has 0 N–H and O–H groups in total. The molecule has 0 aromatic rings. The van der Waals surface area contributed by atoms with Crippen molar-refractivity contribution in [1.29, 1.82) is 0 Å². The van der Waals surface area contributed by atoms with E-state index in [0.717, 1.165) is 36.0 Å². The van der Waals surface area contributed by atoms with Gasteiger partial charge in [0, 0.05) is 6.42 Å². The maximum atomic E-state index is 11.4. The van der Waals surface area contributed by atoms with Crippen LogP contribution in [0.5, 0.6) is 0 Å². The van der Waals surface area contributed by atoms with Gasteiger partial charge in [-0.15, -0.1) is 0 Å². The fourth-order valence-corrected chi connectivity index (χ4v) is 4.60. The van der Waals surface area contributed by atoms with Crippen molar-refractivity contribution in [2.45, 2.75) is 39.5 Å². The van der Waals surface area contributed by atoms with Gasteiger partial charge in [0.15, 0.2) is 0 Å². The van der Waals surface area contributed by atoms with E-state index in [1.54, 1.807) is 0 Å². The van der Waals surface area contributed by atoms with Gasteiger partial charge in [0.2, 0.25) is 0 Å². The van der Waals surface area contributed by atoms with Crippen molar-refractivity contribution in [3.8, 4) is 0 Å². The van der Waals surface area contributed by atoms with Crippen molar-refractivity contribution in [1.82, 2.24) is 0 Å². The molecule has 2 aliphatic carbocycles. The molecule has 0 amide bonds. The van der Waals surface area contributed by atoms with Crippen molar-refractivity contribution < 1.29 is 9.53 Å². The largest absolute Gasteiger partial charge is 0.466 e. The van der Waals surface area contributed by atoms with Crippen LogP contribution in [0.4, 0.5) is 0 Å². The molecule has 16 heavy (non-hydrogen) atoms. The molecule has 2 saturated carbocycles. The lowest BCUT2D eigenvalue weighted by Crippen LogP contribution is -2.34. The fourth-order valence-electron chi connectivity index (χ4n) is 4.60. The van der Waals surface area contributed by atoms with Crippen LogP contribution in [0.1, 0.15) is 39.5 Å². The topological polar surface area (TPSA) is 26.3 Å². The van der Waals surface area contributed by atoms with Gasteiger partial charge in [0.1, 0.15) is 0 Å². The van der Waals surface area contributed by atoms with Gasteiger partial charge in [-0.25, -0.2) is 0 Å². The smallest absolute Gasteiger partial charge is 0.306 e. The molecule has 0 spiro atoms. The van der Waals surface area contributed by atoms with E-state index in [1.165, 1.54) is 12.8 Å². The zero-order valence-corrected chi connectivity index (χ0v) is 10.3. The predicted octanol–water partition coefficient (Wildman–Crippen LogP) is 2.87. The van der Waals surface area contributed by atoms with Gasteiger partial charge in [-0.2, -0.15) is 0 Å². The minimum atomic E-state index is 0.0414. The number of carbonyl (C=O) groups is 1. The van der Waals surface area contributed by atoms with Crippen LogP contribution in [-0.2, 0) is 9.53 Å². The summed E-state index contributed by atoms with van der Waals surface area (Å²) in [7, 11) is 0. The number of cyclic esters (lactones) is 1. The van der Waals surface area contributed by atoms with Gasteiger partial charge in [-0.05, 0) is 54.8 Å². The number of rotatable bonds is 1. The first-order valence-electron chi connectivity index (χ1n) is 6.82. The Balaban J connectivity index is 1.71. The van der Waals surface area contributed by atoms with Gasteiger partial charge in [0.25, 0.3) is 0 Å². The Morgan fingerprint density at radius 2 is 1.81 bits per heavy atom. The van der Waals surface area contributed by atoms with Crippen LogP contribution >= 0.6 is 0 Å². The first-order valence-corrected chi connectivity index (χ1v) is 6.82. The summed E-state index contributed by atoms with van der Waals surface area (Å²) in [5.74, 6) is 5.13. The van der Waals surface area contributed by atoms with Crippen LogP contribution in [0, 0.1) is 35.5 Å². The molecule has 0 radical (unpaired) electrons. The van der Waals surface area contributed by atoms with E-state index in [1.807, 2.05) is 0 Å². The molecule has 2 nitrogen and oxygen atoms in total. The molecule has 3 rings (SSSR count). The molecule has 3 fully saturated rings. The lowest BCUT2D eigenvalue weighted by atomic mass is 9.69. The standard InChI is InChI=1S/C14H22O2/c1-8-9(2)12-5-11(8)6-13(12)10-3-4-16-14(15)7-10/h8-13H,3-7H2,1-2H3. The third-order valence-corrected chi connectivity index (χ3v) is 5.73. The third-order valence-electron chi connectivity index (χ3n) is 5.73.